The van der Waals surface area contributed by atoms with E-state index in [0.717, 1.165) is 42.5 Å². The zero-order chi connectivity index (χ0) is 19.4. The summed E-state index contributed by atoms with van der Waals surface area (Å²) in [7, 11) is 0. The first-order valence-electron chi connectivity index (χ1n) is 11.9. The largest absolute Gasteiger partial charge is 0.415 e. The molecule has 5 nitrogen and oxygen atoms in total. The SMILES string of the molecule is O=C(CSc1nnc(C23CC4CC(CC(C4)C2)C3)o1)N1CCC[C@@H]2CCCC[C@@H]21. The minimum Gasteiger partial charge on any atom is -0.415 e. The van der Waals surface area contributed by atoms with E-state index in [0.29, 0.717) is 17.0 Å². The van der Waals surface area contributed by atoms with Gasteiger partial charge in [0.15, 0.2) is 0 Å². The van der Waals surface area contributed by atoms with Crippen LogP contribution in [0.15, 0.2) is 9.64 Å². The number of likely N-dealkylation sites (tertiary alicyclic amines) is 1. The summed E-state index contributed by atoms with van der Waals surface area (Å²) in [4.78, 5) is 15.1. The lowest BCUT2D eigenvalue weighted by Crippen LogP contribution is -2.50. The van der Waals surface area contributed by atoms with Crippen molar-refractivity contribution in [1.82, 2.24) is 15.1 Å². The number of rotatable bonds is 4. The fourth-order valence-electron chi connectivity index (χ4n) is 8.00. The molecular formula is C23H33N3O2S. The average Bonchev–Trinajstić information content (AvgIpc) is 3.21. The van der Waals surface area contributed by atoms with Crippen LogP contribution >= 0.6 is 11.8 Å². The number of hydrogen-bond donors (Lipinski definition) is 0. The van der Waals surface area contributed by atoms with E-state index in [9.17, 15) is 4.79 Å². The quantitative estimate of drug-likeness (QED) is 0.661. The van der Waals surface area contributed by atoms with E-state index in [-0.39, 0.29) is 11.3 Å². The molecule has 6 heteroatoms. The van der Waals surface area contributed by atoms with Gasteiger partial charge in [-0.05, 0) is 87.9 Å². The third kappa shape index (κ3) is 3.34. The molecule has 1 aromatic rings. The van der Waals surface area contributed by atoms with Gasteiger partial charge in [-0.3, -0.25) is 4.79 Å². The molecule has 0 unspecified atom stereocenters. The number of piperidine rings is 1. The highest BCUT2D eigenvalue weighted by Crippen LogP contribution is 2.60. The minimum atomic E-state index is 0.146. The fraction of sp³-hybridized carbons (Fsp3) is 0.870. The van der Waals surface area contributed by atoms with Crippen molar-refractivity contribution in [2.75, 3.05) is 12.3 Å². The predicted molar refractivity (Wildman–Crippen MR) is 112 cm³/mol. The molecule has 6 fully saturated rings. The molecule has 0 spiro atoms. The molecule has 0 radical (unpaired) electrons. The van der Waals surface area contributed by atoms with E-state index >= 15 is 0 Å². The van der Waals surface area contributed by atoms with Crippen LogP contribution in [-0.4, -0.2) is 39.3 Å². The second kappa shape index (κ2) is 7.28. The van der Waals surface area contributed by atoms with E-state index < -0.39 is 0 Å². The lowest BCUT2D eigenvalue weighted by Gasteiger charge is -2.55. The van der Waals surface area contributed by atoms with Crippen LogP contribution in [0, 0.1) is 23.7 Å². The topological polar surface area (TPSA) is 59.2 Å². The summed E-state index contributed by atoms with van der Waals surface area (Å²) in [5.41, 5.74) is 0.146. The molecule has 0 N–H and O–H groups in total. The minimum absolute atomic E-state index is 0.146. The summed E-state index contributed by atoms with van der Waals surface area (Å²) in [5.74, 6) is 4.91. The van der Waals surface area contributed by atoms with E-state index in [1.54, 1.807) is 0 Å². The summed E-state index contributed by atoms with van der Waals surface area (Å²) in [6.07, 6.45) is 15.5. The van der Waals surface area contributed by atoms with Crippen LogP contribution in [0.2, 0.25) is 0 Å². The molecule has 6 aliphatic rings. The molecule has 4 bridgehead atoms. The maximum absolute atomic E-state index is 13.0. The molecular weight excluding hydrogens is 382 g/mol. The first kappa shape index (κ1) is 18.7. The van der Waals surface area contributed by atoms with Crippen LogP contribution in [0.4, 0.5) is 0 Å². The second-order valence-electron chi connectivity index (χ2n) is 10.7. The summed E-state index contributed by atoms with van der Waals surface area (Å²) < 4.78 is 6.18. The average molecular weight is 416 g/mol. The first-order valence-corrected chi connectivity index (χ1v) is 12.9. The van der Waals surface area contributed by atoms with E-state index in [1.807, 2.05) is 0 Å². The van der Waals surface area contributed by atoms with Crippen LogP contribution in [-0.2, 0) is 10.2 Å². The lowest BCUT2D eigenvalue weighted by molar-refractivity contribution is -0.134. The van der Waals surface area contributed by atoms with Crippen molar-refractivity contribution in [3.05, 3.63) is 5.89 Å². The summed E-state index contributed by atoms with van der Waals surface area (Å²) in [6.45, 7) is 0.933. The maximum atomic E-state index is 13.0. The van der Waals surface area contributed by atoms with Gasteiger partial charge in [0, 0.05) is 18.0 Å². The zero-order valence-corrected chi connectivity index (χ0v) is 18.2. The third-order valence-corrected chi connectivity index (χ3v) is 9.58. The molecule has 158 valence electrons. The maximum Gasteiger partial charge on any atom is 0.277 e. The summed E-state index contributed by atoms with van der Waals surface area (Å²) in [6, 6.07) is 0.482. The molecule has 7 rings (SSSR count). The van der Waals surface area contributed by atoms with Gasteiger partial charge in [-0.15, -0.1) is 10.2 Å². The number of thioether (sulfide) groups is 1. The van der Waals surface area contributed by atoms with Gasteiger partial charge in [-0.1, -0.05) is 24.6 Å². The van der Waals surface area contributed by atoms with Crippen LogP contribution in [0.3, 0.4) is 0 Å². The first-order chi connectivity index (χ1) is 14.2. The Morgan fingerprint density at radius 1 is 1.00 bits per heavy atom. The van der Waals surface area contributed by atoms with E-state index in [1.165, 1.54) is 82.4 Å². The van der Waals surface area contributed by atoms with E-state index in [4.69, 9.17) is 4.42 Å². The second-order valence-corrected chi connectivity index (χ2v) is 11.6. The van der Waals surface area contributed by atoms with Crippen molar-refractivity contribution in [1.29, 1.82) is 0 Å². The normalized spacial score (nSPS) is 40.8. The highest BCUT2D eigenvalue weighted by Gasteiger charge is 2.54. The van der Waals surface area contributed by atoms with Crippen molar-refractivity contribution in [3.8, 4) is 0 Å². The Kier molecular flexibility index (Phi) is 4.70. The van der Waals surface area contributed by atoms with Gasteiger partial charge >= 0.3 is 0 Å². The molecule has 1 saturated heterocycles. The van der Waals surface area contributed by atoms with Crippen LogP contribution in [0.25, 0.3) is 0 Å². The van der Waals surface area contributed by atoms with Gasteiger partial charge in [0.25, 0.3) is 5.22 Å². The van der Waals surface area contributed by atoms with Gasteiger partial charge < -0.3 is 9.32 Å². The highest BCUT2D eigenvalue weighted by molar-refractivity contribution is 7.99. The number of nitrogens with zero attached hydrogens (tertiary/aromatic N) is 3. The van der Waals surface area contributed by atoms with Crippen LogP contribution in [0.5, 0.6) is 0 Å². The zero-order valence-electron chi connectivity index (χ0n) is 17.4. The molecule has 5 saturated carbocycles. The molecule has 29 heavy (non-hydrogen) atoms. The number of carbonyl (C=O) groups is 1. The van der Waals surface area contributed by atoms with Gasteiger partial charge in [-0.25, -0.2) is 0 Å². The Labute approximate surface area is 177 Å². The number of fused-ring (bicyclic) bond motifs is 1. The Morgan fingerprint density at radius 3 is 2.45 bits per heavy atom. The Bertz CT molecular complexity index is 741. The fourth-order valence-corrected chi connectivity index (χ4v) is 8.64. The van der Waals surface area contributed by atoms with Crippen molar-refractivity contribution in [2.45, 2.75) is 93.7 Å². The molecule has 2 heterocycles. The summed E-state index contributed by atoms with van der Waals surface area (Å²) >= 11 is 1.45. The molecule has 2 atom stereocenters. The van der Waals surface area contributed by atoms with Gasteiger partial charge in [0.2, 0.25) is 11.8 Å². The molecule has 5 aliphatic carbocycles. The summed E-state index contributed by atoms with van der Waals surface area (Å²) in [5, 5.41) is 9.45. The molecule has 0 aromatic carbocycles. The number of aromatic nitrogens is 2. The number of hydrogen-bond acceptors (Lipinski definition) is 5. The Balaban J connectivity index is 1.11. The van der Waals surface area contributed by atoms with Crippen molar-refractivity contribution < 1.29 is 9.21 Å². The third-order valence-electron chi connectivity index (χ3n) is 8.78. The van der Waals surface area contributed by atoms with Gasteiger partial charge in [0.05, 0.1) is 5.75 Å². The van der Waals surface area contributed by atoms with Gasteiger partial charge in [-0.2, -0.15) is 0 Å². The van der Waals surface area contributed by atoms with E-state index in [2.05, 4.69) is 15.1 Å². The van der Waals surface area contributed by atoms with Crippen LogP contribution in [0.1, 0.15) is 82.9 Å². The number of amides is 1. The molecule has 1 amide bonds. The number of carbonyl (C=O) groups excluding carboxylic acids is 1. The van der Waals surface area contributed by atoms with Crippen molar-refractivity contribution in [2.24, 2.45) is 23.7 Å². The molecule has 1 aromatic heterocycles. The van der Waals surface area contributed by atoms with Crippen LogP contribution < -0.4 is 0 Å². The smallest absolute Gasteiger partial charge is 0.277 e. The standard InChI is InChI=1S/C23H33N3O2S/c27-20(26-7-3-5-18-4-1-2-6-19(18)26)14-29-22-25-24-21(28-22)23-11-15-8-16(12-23)10-17(9-15)13-23/h15-19H,1-14H2/t15?,16?,17?,18-,19-,23?/m0/s1. The van der Waals surface area contributed by atoms with Crippen molar-refractivity contribution in [3.63, 3.8) is 0 Å². The predicted octanol–water partition coefficient (Wildman–Crippen LogP) is 4.81. The Morgan fingerprint density at radius 2 is 1.69 bits per heavy atom. The van der Waals surface area contributed by atoms with Gasteiger partial charge in [0.1, 0.15) is 0 Å². The monoisotopic (exact) mass is 415 g/mol. The lowest BCUT2D eigenvalue weighted by atomic mass is 9.49. The molecule has 1 aliphatic heterocycles. The van der Waals surface area contributed by atoms with Crippen molar-refractivity contribution >= 4 is 17.7 Å². The highest BCUT2D eigenvalue weighted by atomic mass is 32.2. The Hall–Kier alpha value is -1.04.